The summed E-state index contributed by atoms with van der Waals surface area (Å²) in [6, 6.07) is 4.77. The highest BCUT2D eigenvalue weighted by Crippen LogP contribution is 2.32. The zero-order valence-corrected chi connectivity index (χ0v) is 9.29. The Morgan fingerprint density at radius 2 is 1.82 bits per heavy atom. The van der Waals surface area contributed by atoms with Crippen molar-refractivity contribution < 1.29 is 18.0 Å². The Labute approximate surface area is 97.0 Å². The minimum atomic E-state index is -4.33. The van der Waals surface area contributed by atoms with Crippen LogP contribution in [0.2, 0.25) is 0 Å². The third-order valence-electron chi connectivity index (χ3n) is 2.96. The fraction of sp³-hybridized carbons (Fsp3) is 0.417. The highest BCUT2D eigenvalue weighted by molar-refractivity contribution is 5.96. The van der Waals surface area contributed by atoms with Crippen molar-refractivity contribution in [2.75, 3.05) is 4.90 Å². The molecule has 1 saturated heterocycles. The minimum Gasteiger partial charge on any atom is -0.310 e. The third-order valence-corrected chi connectivity index (χ3v) is 2.96. The maximum absolute atomic E-state index is 12.4. The van der Waals surface area contributed by atoms with Gasteiger partial charge in [-0.3, -0.25) is 4.79 Å². The molecule has 0 aromatic heterocycles. The lowest BCUT2D eigenvalue weighted by molar-refractivity contribution is -0.137. The van der Waals surface area contributed by atoms with Gasteiger partial charge in [0.25, 0.3) is 0 Å². The predicted molar refractivity (Wildman–Crippen MR) is 57.6 cm³/mol. The van der Waals surface area contributed by atoms with E-state index in [-0.39, 0.29) is 11.9 Å². The van der Waals surface area contributed by atoms with Crippen LogP contribution >= 0.6 is 0 Å². The van der Waals surface area contributed by atoms with E-state index in [0.717, 1.165) is 18.6 Å². The van der Waals surface area contributed by atoms with Crippen molar-refractivity contribution in [2.45, 2.75) is 32.0 Å². The largest absolute Gasteiger partial charge is 0.416 e. The number of amides is 1. The Hall–Kier alpha value is -1.52. The van der Waals surface area contributed by atoms with E-state index in [9.17, 15) is 18.0 Å². The van der Waals surface area contributed by atoms with Crippen LogP contribution in [-0.4, -0.2) is 11.9 Å². The molecule has 0 bridgehead atoms. The number of nitrogens with zero attached hydrogens (tertiary/aromatic N) is 1. The number of carbonyl (C=O) groups excluding carboxylic acids is 1. The molecule has 1 aliphatic heterocycles. The molecule has 0 N–H and O–H groups in total. The first-order chi connectivity index (χ1) is 7.89. The number of anilines is 1. The second-order valence-electron chi connectivity index (χ2n) is 4.20. The predicted octanol–water partition coefficient (Wildman–Crippen LogP) is 3.22. The summed E-state index contributed by atoms with van der Waals surface area (Å²) >= 11 is 0. The van der Waals surface area contributed by atoms with Crippen LogP contribution in [-0.2, 0) is 11.0 Å². The number of hydrogen-bond acceptors (Lipinski definition) is 1. The summed E-state index contributed by atoms with van der Waals surface area (Å²) in [5, 5.41) is 0. The van der Waals surface area contributed by atoms with Crippen LogP contribution in [0, 0.1) is 0 Å². The molecule has 1 unspecified atom stereocenters. The van der Waals surface area contributed by atoms with Crippen LogP contribution in [0.3, 0.4) is 0 Å². The maximum Gasteiger partial charge on any atom is 0.416 e. The summed E-state index contributed by atoms with van der Waals surface area (Å²) in [6.45, 7) is 1.89. The lowest BCUT2D eigenvalue weighted by Crippen LogP contribution is -2.30. The van der Waals surface area contributed by atoms with E-state index in [1.807, 2.05) is 6.92 Å². The zero-order chi connectivity index (χ0) is 12.6. The normalized spacial score (nSPS) is 21.1. The lowest BCUT2D eigenvalue weighted by Gasteiger charge is -2.22. The van der Waals surface area contributed by atoms with Crippen LogP contribution < -0.4 is 4.90 Å². The lowest BCUT2D eigenvalue weighted by atomic mass is 10.2. The van der Waals surface area contributed by atoms with Gasteiger partial charge in [-0.05, 0) is 37.6 Å². The van der Waals surface area contributed by atoms with Gasteiger partial charge in [0.2, 0.25) is 5.91 Å². The van der Waals surface area contributed by atoms with E-state index < -0.39 is 11.7 Å². The van der Waals surface area contributed by atoms with Gasteiger partial charge in [0.05, 0.1) is 5.56 Å². The maximum atomic E-state index is 12.4. The van der Waals surface area contributed by atoms with Gasteiger partial charge < -0.3 is 4.90 Å². The average molecular weight is 243 g/mol. The van der Waals surface area contributed by atoms with E-state index >= 15 is 0 Å². The smallest absolute Gasteiger partial charge is 0.310 e. The fourth-order valence-corrected chi connectivity index (χ4v) is 2.04. The Morgan fingerprint density at radius 3 is 2.24 bits per heavy atom. The molecule has 2 rings (SSSR count). The SMILES string of the molecule is CC1CCC(=O)N1c1ccc(C(F)(F)F)cc1. The Morgan fingerprint density at radius 1 is 1.24 bits per heavy atom. The van der Waals surface area contributed by atoms with Crippen molar-refractivity contribution in [3.63, 3.8) is 0 Å². The minimum absolute atomic E-state index is 0.0303. The highest BCUT2D eigenvalue weighted by Gasteiger charge is 2.32. The van der Waals surface area contributed by atoms with Crippen molar-refractivity contribution in [2.24, 2.45) is 0 Å². The monoisotopic (exact) mass is 243 g/mol. The van der Waals surface area contributed by atoms with E-state index in [1.165, 1.54) is 12.1 Å². The van der Waals surface area contributed by atoms with Crippen molar-refractivity contribution in [1.29, 1.82) is 0 Å². The first-order valence-corrected chi connectivity index (χ1v) is 5.39. The summed E-state index contributed by atoms with van der Waals surface area (Å²) in [5.41, 5.74) is -0.159. The molecule has 1 aliphatic rings. The topological polar surface area (TPSA) is 20.3 Å². The van der Waals surface area contributed by atoms with Gasteiger partial charge in [-0.2, -0.15) is 13.2 Å². The number of carbonyl (C=O) groups is 1. The summed E-state index contributed by atoms with van der Waals surface area (Å²) in [5.74, 6) is -0.0303. The number of rotatable bonds is 1. The van der Waals surface area contributed by atoms with E-state index in [4.69, 9.17) is 0 Å². The highest BCUT2D eigenvalue weighted by atomic mass is 19.4. The number of alkyl halides is 3. The van der Waals surface area contributed by atoms with Gasteiger partial charge in [-0.25, -0.2) is 0 Å². The molecule has 2 nitrogen and oxygen atoms in total. The standard InChI is InChI=1S/C12H12F3NO/c1-8-2-7-11(17)16(8)10-5-3-9(4-6-10)12(13,14)15/h3-6,8H,2,7H2,1H3. The van der Waals surface area contributed by atoms with Gasteiger partial charge in [0.15, 0.2) is 0 Å². The van der Waals surface area contributed by atoms with E-state index in [2.05, 4.69) is 0 Å². The van der Waals surface area contributed by atoms with Crippen molar-refractivity contribution >= 4 is 11.6 Å². The van der Waals surface area contributed by atoms with Gasteiger partial charge in [0.1, 0.15) is 0 Å². The van der Waals surface area contributed by atoms with Crippen LogP contribution in [0.5, 0.6) is 0 Å². The summed E-state index contributed by atoms with van der Waals surface area (Å²) < 4.78 is 37.1. The molecule has 0 aliphatic carbocycles. The number of hydrogen-bond donors (Lipinski definition) is 0. The first kappa shape index (κ1) is 12.0. The molecule has 92 valence electrons. The van der Waals surface area contributed by atoms with Crippen molar-refractivity contribution in [3.05, 3.63) is 29.8 Å². The molecule has 1 aromatic rings. The second-order valence-corrected chi connectivity index (χ2v) is 4.20. The van der Waals surface area contributed by atoms with Crippen LogP contribution in [0.1, 0.15) is 25.3 Å². The van der Waals surface area contributed by atoms with Gasteiger partial charge in [0, 0.05) is 18.2 Å². The molecule has 0 saturated carbocycles. The van der Waals surface area contributed by atoms with E-state index in [0.29, 0.717) is 12.1 Å². The Bertz CT molecular complexity index is 424. The van der Waals surface area contributed by atoms with Crippen molar-refractivity contribution in [3.8, 4) is 0 Å². The molecule has 0 spiro atoms. The van der Waals surface area contributed by atoms with Gasteiger partial charge in [-0.1, -0.05) is 0 Å². The summed E-state index contributed by atoms with van der Waals surface area (Å²) in [7, 11) is 0. The van der Waals surface area contributed by atoms with E-state index in [1.54, 1.807) is 4.90 Å². The molecular weight excluding hydrogens is 231 g/mol. The second kappa shape index (κ2) is 4.05. The molecule has 1 fully saturated rings. The average Bonchev–Trinajstić information content (AvgIpc) is 2.58. The molecule has 1 aromatic carbocycles. The molecule has 17 heavy (non-hydrogen) atoms. The first-order valence-electron chi connectivity index (χ1n) is 5.39. The van der Waals surface area contributed by atoms with Crippen LogP contribution in [0.25, 0.3) is 0 Å². The third kappa shape index (κ3) is 2.28. The molecule has 1 atom stereocenters. The van der Waals surface area contributed by atoms with Crippen molar-refractivity contribution in [1.82, 2.24) is 0 Å². The molecule has 1 amide bonds. The Kier molecular flexibility index (Phi) is 2.85. The molecular formula is C12H12F3NO. The summed E-state index contributed by atoms with van der Waals surface area (Å²) in [6.07, 6.45) is -3.12. The fourth-order valence-electron chi connectivity index (χ4n) is 2.04. The molecule has 5 heteroatoms. The van der Waals surface area contributed by atoms with Crippen LogP contribution in [0.15, 0.2) is 24.3 Å². The zero-order valence-electron chi connectivity index (χ0n) is 9.29. The van der Waals surface area contributed by atoms with Gasteiger partial charge >= 0.3 is 6.18 Å². The Balaban J connectivity index is 2.27. The molecule has 1 heterocycles. The number of halogens is 3. The number of benzene rings is 1. The van der Waals surface area contributed by atoms with Gasteiger partial charge in [-0.15, -0.1) is 0 Å². The molecule has 0 radical (unpaired) electrons. The quantitative estimate of drug-likeness (QED) is 0.741. The van der Waals surface area contributed by atoms with Crippen LogP contribution in [0.4, 0.5) is 18.9 Å². The summed E-state index contributed by atoms with van der Waals surface area (Å²) in [4.78, 5) is 13.1.